The van der Waals surface area contributed by atoms with Crippen LogP contribution in [-0.2, 0) is 0 Å². The molecule has 18 heavy (non-hydrogen) atoms. The number of hydrogen-bond donors (Lipinski definition) is 3. The van der Waals surface area contributed by atoms with E-state index in [0.29, 0.717) is 11.5 Å². The minimum Gasteiger partial charge on any atom is -0.366 e. The van der Waals surface area contributed by atoms with E-state index in [1.807, 2.05) is 24.4 Å². The van der Waals surface area contributed by atoms with E-state index in [-0.39, 0.29) is 5.91 Å². The van der Waals surface area contributed by atoms with Crippen molar-refractivity contribution in [3.63, 3.8) is 0 Å². The Kier molecular flexibility index (Phi) is 2.80. The summed E-state index contributed by atoms with van der Waals surface area (Å²) in [5, 5.41) is 4.50. The second-order valence-electron chi connectivity index (χ2n) is 4.86. The maximum Gasteiger partial charge on any atom is 0.249 e. The van der Waals surface area contributed by atoms with Crippen molar-refractivity contribution in [3.8, 4) is 0 Å². The smallest absolute Gasteiger partial charge is 0.249 e. The third kappa shape index (κ3) is 1.78. The van der Waals surface area contributed by atoms with Gasteiger partial charge in [0.2, 0.25) is 5.91 Å². The lowest BCUT2D eigenvalue weighted by Crippen LogP contribution is -2.28. The molecule has 0 atom stereocenters. The number of nitrogens with one attached hydrogen (secondary N) is 2. The Balaban J connectivity index is 2.18. The molecule has 1 aromatic heterocycles. The fourth-order valence-electron chi connectivity index (χ4n) is 2.90. The lowest BCUT2D eigenvalue weighted by molar-refractivity contribution is 0.0999. The van der Waals surface area contributed by atoms with Crippen LogP contribution in [-0.4, -0.2) is 24.0 Å². The molecule has 1 amide bonds. The second kappa shape index (κ2) is 4.46. The van der Waals surface area contributed by atoms with Gasteiger partial charge in [-0.05, 0) is 54.9 Å². The Labute approximate surface area is 106 Å². The molecule has 0 unspecified atom stereocenters. The molecular weight excluding hydrogens is 226 g/mol. The van der Waals surface area contributed by atoms with Crippen LogP contribution in [0.1, 0.15) is 34.7 Å². The number of piperidine rings is 1. The van der Waals surface area contributed by atoms with Gasteiger partial charge in [0, 0.05) is 17.3 Å². The number of amides is 1. The number of primary amides is 1. The zero-order valence-electron chi connectivity index (χ0n) is 10.2. The predicted octanol–water partition coefficient (Wildman–Crippen LogP) is 1.73. The molecule has 0 spiro atoms. The van der Waals surface area contributed by atoms with Crippen LogP contribution in [0.5, 0.6) is 0 Å². The molecule has 1 aliphatic heterocycles. The van der Waals surface area contributed by atoms with Gasteiger partial charge in [-0.1, -0.05) is 6.07 Å². The van der Waals surface area contributed by atoms with Crippen LogP contribution in [0.4, 0.5) is 0 Å². The summed E-state index contributed by atoms with van der Waals surface area (Å²) in [6, 6.07) is 5.84. The van der Waals surface area contributed by atoms with Gasteiger partial charge in [-0.2, -0.15) is 0 Å². The summed E-state index contributed by atoms with van der Waals surface area (Å²) in [6.07, 6.45) is 4.02. The predicted molar refractivity (Wildman–Crippen MR) is 71.7 cm³/mol. The van der Waals surface area contributed by atoms with Crippen molar-refractivity contribution in [1.82, 2.24) is 10.3 Å². The van der Waals surface area contributed by atoms with Gasteiger partial charge in [-0.3, -0.25) is 4.79 Å². The molecule has 0 saturated carbocycles. The quantitative estimate of drug-likeness (QED) is 0.751. The Morgan fingerprint density at radius 1 is 1.22 bits per heavy atom. The lowest BCUT2D eigenvalue weighted by atomic mass is 9.85. The van der Waals surface area contributed by atoms with E-state index in [4.69, 9.17) is 5.73 Å². The van der Waals surface area contributed by atoms with Gasteiger partial charge < -0.3 is 16.0 Å². The lowest BCUT2D eigenvalue weighted by Gasteiger charge is -2.25. The zero-order chi connectivity index (χ0) is 12.5. The molecule has 0 aliphatic carbocycles. The van der Waals surface area contributed by atoms with Crippen molar-refractivity contribution in [2.24, 2.45) is 5.73 Å². The maximum atomic E-state index is 11.6. The summed E-state index contributed by atoms with van der Waals surface area (Å²) in [5.74, 6) is 0.0798. The molecule has 0 radical (unpaired) electrons. The van der Waals surface area contributed by atoms with Gasteiger partial charge in [0.15, 0.2) is 0 Å². The van der Waals surface area contributed by atoms with Crippen LogP contribution in [0.2, 0.25) is 0 Å². The van der Waals surface area contributed by atoms with Crippen molar-refractivity contribution >= 4 is 16.8 Å². The normalized spacial score (nSPS) is 17.1. The first kappa shape index (κ1) is 11.3. The van der Waals surface area contributed by atoms with Gasteiger partial charge in [-0.25, -0.2) is 0 Å². The minimum absolute atomic E-state index is 0.333. The van der Waals surface area contributed by atoms with E-state index in [2.05, 4.69) is 10.3 Å². The van der Waals surface area contributed by atoms with Crippen molar-refractivity contribution in [2.75, 3.05) is 13.1 Å². The number of carbonyl (C=O) groups excluding carboxylic acids is 1. The Hall–Kier alpha value is -1.81. The highest BCUT2D eigenvalue weighted by atomic mass is 16.1. The Morgan fingerprint density at radius 2 is 2.00 bits per heavy atom. The van der Waals surface area contributed by atoms with Crippen molar-refractivity contribution in [3.05, 3.63) is 35.5 Å². The van der Waals surface area contributed by atoms with Gasteiger partial charge in [0.25, 0.3) is 0 Å². The van der Waals surface area contributed by atoms with Crippen LogP contribution in [0, 0.1) is 0 Å². The average Bonchev–Trinajstić information content (AvgIpc) is 2.86. The first-order chi connectivity index (χ1) is 8.77. The number of carbonyl (C=O) groups is 1. The minimum atomic E-state index is -0.333. The van der Waals surface area contributed by atoms with Gasteiger partial charge in [0.1, 0.15) is 0 Å². The Morgan fingerprint density at radius 3 is 2.72 bits per heavy atom. The molecule has 0 bridgehead atoms. The molecule has 2 heterocycles. The fourth-order valence-corrected chi connectivity index (χ4v) is 2.90. The number of hydrogen-bond acceptors (Lipinski definition) is 2. The van der Waals surface area contributed by atoms with E-state index in [1.165, 1.54) is 0 Å². The molecule has 2 aromatic rings. The summed E-state index contributed by atoms with van der Waals surface area (Å²) in [5.41, 5.74) is 8.35. The largest absolute Gasteiger partial charge is 0.366 e. The number of fused-ring (bicyclic) bond motifs is 1. The fraction of sp³-hybridized carbons (Fsp3) is 0.357. The first-order valence-corrected chi connectivity index (χ1v) is 6.38. The molecule has 3 rings (SSSR count). The first-order valence-electron chi connectivity index (χ1n) is 6.38. The third-order valence-electron chi connectivity index (χ3n) is 3.78. The maximum absolute atomic E-state index is 11.6. The molecule has 1 aromatic carbocycles. The molecule has 1 saturated heterocycles. The molecule has 1 fully saturated rings. The van der Waals surface area contributed by atoms with E-state index in [1.54, 1.807) is 0 Å². The molecule has 4 heteroatoms. The summed E-state index contributed by atoms with van der Waals surface area (Å²) in [7, 11) is 0. The summed E-state index contributed by atoms with van der Waals surface area (Å²) >= 11 is 0. The van der Waals surface area contributed by atoms with E-state index < -0.39 is 0 Å². The van der Waals surface area contributed by atoms with E-state index in [0.717, 1.165) is 42.4 Å². The highest BCUT2D eigenvalue weighted by Crippen LogP contribution is 2.33. The summed E-state index contributed by atoms with van der Waals surface area (Å²) < 4.78 is 0. The molecule has 4 nitrogen and oxygen atoms in total. The number of nitrogens with two attached hydrogens (primary N) is 1. The van der Waals surface area contributed by atoms with Crippen LogP contribution >= 0.6 is 0 Å². The number of aromatic amines is 1. The Bertz CT molecular complexity index is 582. The topological polar surface area (TPSA) is 70.9 Å². The zero-order valence-corrected chi connectivity index (χ0v) is 10.2. The van der Waals surface area contributed by atoms with Crippen LogP contribution in [0.15, 0.2) is 24.4 Å². The van der Waals surface area contributed by atoms with Crippen molar-refractivity contribution in [1.29, 1.82) is 0 Å². The molecule has 1 aliphatic rings. The van der Waals surface area contributed by atoms with Gasteiger partial charge >= 0.3 is 0 Å². The second-order valence-corrected chi connectivity index (χ2v) is 4.86. The monoisotopic (exact) mass is 243 g/mol. The van der Waals surface area contributed by atoms with Gasteiger partial charge in [0.05, 0.1) is 0 Å². The van der Waals surface area contributed by atoms with Crippen LogP contribution in [0.3, 0.4) is 0 Å². The SMILES string of the molecule is NC(=O)c1ccc2cc[nH]c2c1C1CCNCC1. The van der Waals surface area contributed by atoms with Crippen LogP contribution in [0.25, 0.3) is 10.9 Å². The summed E-state index contributed by atoms with van der Waals surface area (Å²) in [4.78, 5) is 14.9. The summed E-state index contributed by atoms with van der Waals surface area (Å²) in [6.45, 7) is 2.00. The average molecular weight is 243 g/mol. The number of benzene rings is 1. The number of rotatable bonds is 2. The number of aromatic nitrogens is 1. The highest BCUT2D eigenvalue weighted by Gasteiger charge is 2.23. The molecule has 94 valence electrons. The molecule has 4 N–H and O–H groups in total. The third-order valence-corrected chi connectivity index (χ3v) is 3.78. The van der Waals surface area contributed by atoms with Crippen molar-refractivity contribution < 1.29 is 4.79 Å². The van der Waals surface area contributed by atoms with E-state index >= 15 is 0 Å². The van der Waals surface area contributed by atoms with E-state index in [9.17, 15) is 4.79 Å². The van der Waals surface area contributed by atoms with Crippen molar-refractivity contribution in [2.45, 2.75) is 18.8 Å². The molecular formula is C14H17N3O. The number of H-pyrrole nitrogens is 1. The van der Waals surface area contributed by atoms with Crippen LogP contribution < -0.4 is 11.1 Å². The highest BCUT2D eigenvalue weighted by molar-refractivity contribution is 6.00. The standard InChI is InChI=1S/C14H17N3O/c15-14(18)11-2-1-10-5-8-17-13(10)12(11)9-3-6-16-7-4-9/h1-2,5,8-9,16-17H,3-4,6-7H2,(H2,15,18). The van der Waals surface area contributed by atoms with Gasteiger partial charge in [-0.15, -0.1) is 0 Å².